The number of nitrogens with zero attached hydrogens (tertiary/aromatic N) is 1. The zero-order chi connectivity index (χ0) is 13.1. The maximum Gasteiger partial charge on any atom is 0.0702 e. The van der Waals surface area contributed by atoms with Crippen molar-refractivity contribution < 1.29 is 4.74 Å². The molecule has 0 saturated carbocycles. The molecule has 2 aliphatic heterocycles. The molecule has 1 saturated heterocycles. The average Bonchev–Trinajstić information content (AvgIpc) is 2.87. The predicted molar refractivity (Wildman–Crippen MR) is 76.9 cm³/mol. The maximum absolute atomic E-state index is 5.77. The van der Waals surface area contributed by atoms with Crippen molar-refractivity contribution in [3.05, 3.63) is 34.9 Å². The van der Waals surface area contributed by atoms with Crippen molar-refractivity contribution in [1.82, 2.24) is 10.2 Å². The molecule has 1 aromatic rings. The summed E-state index contributed by atoms with van der Waals surface area (Å²) in [5, 5.41) is 3.41. The van der Waals surface area contributed by atoms with Gasteiger partial charge in [0.25, 0.3) is 0 Å². The normalized spacial score (nSPS) is 23.5. The van der Waals surface area contributed by atoms with Gasteiger partial charge in [-0.1, -0.05) is 18.2 Å². The molecule has 0 aromatic heterocycles. The summed E-state index contributed by atoms with van der Waals surface area (Å²) in [5.41, 5.74) is 4.39. The summed E-state index contributed by atoms with van der Waals surface area (Å²) in [4.78, 5) is 2.54. The highest BCUT2D eigenvalue weighted by atomic mass is 16.5. The van der Waals surface area contributed by atoms with Crippen LogP contribution in [0.5, 0.6) is 0 Å². The van der Waals surface area contributed by atoms with Gasteiger partial charge in [0.1, 0.15) is 0 Å². The monoisotopic (exact) mass is 260 g/mol. The Kier molecular flexibility index (Phi) is 4.16. The zero-order valence-corrected chi connectivity index (χ0v) is 11.8. The van der Waals surface area contributed by atoms with E-state index in [2.05, 4.69) is 35.3 Å². The van der Waals surface area contributed by atoms with Crippen LogP contribution in [-0.2, 0) is 24.4 Å². The average molecular weight is 260 g/mol. The van der Waals surface area contributed by atoms with Crippen molar-refractivity contribution >= 4 is 0 Å². The number of rotatable bonds is 4. The van der Waals surface area contributed by atoms with Gasteiger partial charge < -0.3 is 10.1 Å². The second-order valence-electron chi connectivity index (χ2n) is 5.66. The van der Waals surface area contributed by atoms with Crippen LogP contribution in [0.2, 0.25) is 0 Å². The minimum atomic E-state index is 0.440. The molecule has 19 heavy (non-hydrogen) atoms. The molecule has 3 rings (SSSR count). The lowest BCUT2D eigenvalue weighted by molar-refractivity contribution is 0.00363. The summed E-state index contributed by atoms with van der Waals surface area (Å²) in [5.74, 6) is 0. The van der Waals surface area contributed by atoms with Gasteiger partial charge in [-0.15, -0.1) is 0 Å². The zero-order valence-electron chi connectivity index (χ0n) is 11.8. The van der Waals surface area contributed by atoms with Gasteiger partial charge in [-0.2, -0.15) is 0 Å². The van der Waals surface area contributed by atoms with E-state index in [0.717, 1.165) is 32.8 Å². The first-order valence-electron chi connectivity index (χ1n) is 7.50. The van der Waals surface area contributed by atoms with Crippen LogP contribution in [-0.4, -0.2) is 30.7 Å². The molecular formula is C16H24N2O. The number of fused-ring (bicyclic) bond motifs is 1. The standard InChI is InChI=1S/C16H24N2O/c1-2-19-16-4-3-7-18(12-16)11-13-5-6-14-9-17-10-15(14)8-13/h5-6,8,16-17H,2-4,7,9-12H2,1H3. The van der Waals surface area contributed by atoms with E-state index in [1.54, 1.807) is 0 Å². The van der Waals surface area contributed by atoms with Crippen LogP contribution < -0.4 is 5.32 Å². The van der Waals surface area contributed by atoms with Crippen LogP contribution in [0, 0.1) is 0 Å². The van der Waals surface area contributed by atoms with Crippen LogP contribution in [0.4, 0.5) is 0 Å². The van der Waals surface area contributed by atoms with Crippen LogP contribution in [0.25, 0.3) is 0 Å². The lowest BCUT2D eigenvalue weighted by Gasteiger charge is -2.32. The predicted octanol–water partition coefficient (Wildman–Crippen LogP) is 2.29. The first-order valence-corrected chi connectivity index (χ1v) is 7.50. The van der Waals surface area contributed by atoms with E-state index in [4.69, 9.17) is 4.74 Å². The highest BCUT2D eigenvalue weighted by Crippen LogP contribution is 2.20. The molecule has 1 atom stereocenters. The van der Waals surface area contributed by atoms with Gasteiger partial charge in [0.2, 0.25) is 0 Å². The summed E-state index contributed by atoms with van der Waals surface area (Å²) in [6, 6.07) is 6.95. The summed E-state index contributed by atoms with van der Waals surface area (Å²) < 4.78 is 5.77. The second-order valence-corrected chi connectivity index (χ2v) is 5.66. The van der Waals surface area contributed by atoms with Crippen LogP contribution in [0.3, 0.4) is 0 Å². The Morgan fingerprint density at radius 2 is 2.21 bits per heavy atom. The van der Waals surface area contributed by atoms with Crippen molar-refractivity contribution in [3.8, 4) is 0 Å². The lowest BCUT2D eigenvalue weighted by atomic mass is 10.0. The van der Waals surface area contributed by atoms with Crippen LogP contribution in [0.15, 0.2) is 18.2 Å². The van der Waals surface area contributed by atoms with E-state index in [0.29, 0.717) is 6.10 Å². The SMILES string of the molecule is CCOC1CCCN(Cc2ccc3c(c2)CNC3)C1. The lowest BCUT2D eigenvalue weighted by Crippen LogP contribution is -2.39. The smallest absolute Gasteiger partial charge is 0.0702 e. The summed E-state index contributed by atoms with van der Waals surface area (Å²) in [6.45, 7) is 8.35. The maximum atomic E-state index is 5.77. The Labute approximate surface area is 115 Å². The molecule has 1 fully saturated rings. The first kappa shape index (κ1) is 13.1. The van der Waals surface area contributed by atoms with E-state index in [-0.39, 0.29) is 0 Å². The molecular weight excluding hydrogens is 236 g/mol. The Balaban J connectivity index is 1.61. The number of likely N-dealkylation sites (tertiary alicyclic amines) is 1. The van der Waals surface area contributed by atoms with E-state index >= 15 is 0 Å². The Bertz CT molecular complexity index is 431. The highest BCUT2D eigenvalue weighted by molar-refractivity contribution is 5.34. The summed E-state index contributed by atoms with van der Waals surface area (Å²) in [6.07, 6.45) is 2.92. The molecule has 1 unspecified atom stereocenters. The number of benzene rings is 1. The molecule has 0 aliphatic carbocycles. The number of hydrogen-bond acceptors (Lipinski definition) is 3. The van der Waals surface area contributed by atoms with Crippen molar-refractivity contribution in [1.29, 1.82) is 0 Å². The number of piperidine rings is 1. The third kappa shape index (κ3) is 3.16. The van der Waals surface area contributed by atoms with Crippen LogP contribution >= 0.6 is 0 Å². The molecule has 3 heteroatoms. The molecule has 1 N–H and O–H groups in total. The quantitative estimate of drug-likeness (QED) is 0.899. The fraction of sp³-hybridized carbons (Fsp3) is 0.625. The van der Waals surface area contributed by atoms with Crippen molar-refractivity contribution in [2.45, 2.75) is 45.5 Å². The minimum Gasteiger partial charge on any atom is -0.377 e. The number of nitrogens with one attached hydrogen (secondary N) is 1. The minimum absolute atomic E-state index is 0.440. The third-order valence-electron chi connectivity index (χ3n) is 4.17. The molecule has 104 valence electrons. The molecule has 0 amide bonds. The van der Waals surface area contributed by atoms with Crippen molar-refractivity contribution in [2.75, 3.05) is 19.7 Å². The largest absolute Gasteiger partial charge is 0.377 e. The van der Waals surface area contributed by atoms with E-state index < -0.39 is 0 Å². The molecule has 0 bridgehead atoms. The number of ether oxygens (including phenoxy) is 1. The fourth-order valence-electron chi connectivity index (χ4n) is 3.23. The van der Waals surface area contributed by atoms with E-state index in [9.17, 15) is 0 Å². The molecule has 3 nitrogen and oxygen atoms in total. The number of hydrogen-bond donors (Lipinski definition) is 1. The van der Waals surface area contributed by atoms with E-state index in [1.165, 1.54) is 36.1 Å². The first-order chi connectivity index (χ1) is 9.35. The van der Waals surface area contributed by atoms with Gasteiger partial charge in [-0.05, 0) is 43.0 Å². The Morgan fingerprint density at radius 1 is 1.32 bits per heavy atom. The van der Waals surface area contributed by atoms with Gasteiger partial charge >= 0.3 is 0 Å². The topological polar surface area (TPSA) is 24.5 Å². The molecule has 2 aliphatic rings. The van der Waals surface area contributed by atoms with Crippen molar-refractivity contribution in [2.24, 2.45) is 0 Å². The van der Waals surface area contributed by atoms with Gasteiger partial charge in [-0.25, -0.2) is 0 Å². The Morgan fingerprint density at radius 3 is 3.11 bits per heavy atom. The van der Waals surface area contributed by atoms with Gasteiger partial charge in [0, 0.05) is 32.8 Å². The molecule has 1 aromatic carbocycles. The van der Waals surface area contributed by atoms with Gasteiger partial charge in [-0.3, -0.25) is 4.90 Å². The summed E-state index contributed by atoms with van der Waals surface area (Å²) >= 11 is 0. The van der Waals surface area contributed by atoms with Gasteiger partial charge in [0.15, 0.2) is 0 Å². The molecule has 0 spiro atoms. The molecule has 2 heterocycles. The third-order valence-corrected chi connectivity index (χ3v) is 4.17. The highest BCUT2D eigenvalue weighted by Gasteiger charge is 2.20. The fourth-order valence-corrected chi connectivity index (χ4v) is 3.23. The summed E-state index contributed by atoms with van der Waals surface area (Å²) in [7, 11) is 0. The second kappa shape index (κ2) is 6.04. The molecule has 0 radical (unpaired) electrons. The van der Waals surface area contributed by atoms with Crippen LogP contribution in [0.1, 0.15) is 36.5 Å². The van der Waals surface area contributed by atoms with E-state index in [1.807, 2.05) is 0 Å². The van der Waals surface area contributed by atoms with Gasteiger partial charge in [0.05, 0.1) is 6.10 Å². The van der Waals surface area contributed by atoms with Crippen molar-refractivity contribution in [3.63, 3.8) is 0 Å². The Hall–Kier alpha value is -0.900.